The van der Waals surface area contributed by atoms with Crippen molar-refractivity contribution in [3.05, 3.63) is 29.8 Å². The largest absolute Gasteiger partial charge is 0.366 e. The summed E-state index contributed by atoms with van der Waals surface area (Å²) in [6, 6.07) is 8.85. The van der Waals surface area contributed by atoms with E-state index in [9.17, 15) is 0 Å². The first kappa shape index (κ1) is 13.4. The normalized spacial score (nSPS) is 22.4. The van der Waals surface area contributed by atoms with Crippen LogP contribution >= 0.6 is 0 Å². The van der Waals surface area contributed by atoms with Crippen molar-refractivity contribution in [1.82, 2.24) is 5.32 Å². The van der Waals surface area contributed by atoms with Crippen LogP contribution < -0.4 is 10.2 Å². The molecular formula is C16H26N2. The molecule has 0 amide bonds. The summed E-state index contributed by atoms with van der Waals surface area (Å²) in [5.41, 5.74) is 3.15. The molecule has 1 heterocycles. The maximum atomic E-state index is 3.34. The molecule has 0 spiro atoms. The fraction of sp³-hybridized carbons (Fsp3) is 0.625. The molecule has 2 rings (SSSR count). The molecule has 0 aliphatic carbocycles. The van der Waals surface area contributed by atoms with Crippen LogP contribution in [-0.2, 0) is 6.42 Å². The second-order valence-electron chi connectivity index (χ2n) is 5.83. The van der Waals surface area contributed by atoms with Crippen LogP contribution in [0.3, 0.4) is 0 Å². The van der Waals surface area contributed by atoms with Crippen LogP contribution in [-0.4, -0.2) is 25.7 Å². The van der Waals surface area contributed by atoms with Crippen LogP contribution in [0, 0.1) is 5.92 Å². The van der Waals surface area contributed by atoms with Crippen LogP contribution in [0.5, 0.6) is 0 Å². The highest BCUT2D eigenvalue weighted by Crippen LogP contribution is 2.39. The third kappa shape index (κ3) is 2.26. The Morgan fingerprint density at radius 2 is 2.06 bits per heavy atom. The highest BCUT2D eigenvalue weighted by atomic mass is 15.2. The number of benzene rings is 1. The molecule has 0 aromatic heterocycles. The fourth-order valence-electron chi connectivity index (χ4n) is 3.25. The van der Waals surface area contributed by atoms with Gasteiger partial charge in [0.25, 0.3) is 0 Å². The first-order chi connectivity index (χ1) is 8.61. The lowest BCUT2D eigenvalue weighted by molar-refractivity contribution is 0.356. The van der Waals surface area contributed by atoms with Gasteiger partial charge in [0.1, 0.15) is 0 Å². The van der Waals surface area contributed by atoms with E-state index in [4.69, 9.17) is 0 Å². The second-order valence-corrected chi connectivity index (χ2v) is 5.83. The molecule has 0 saturated carbocycles. The van der Waals surface area contributed by atoms with E-state index in [1.165, 1.54) is 24.2 Å². The molecule has 1 aromatic carbocycles. The summed E-state index contributed by atoms with van der Waals surface area (Å²) < 4.78 is 0. The monoisotopic (exact) mass is 246 g/mol. The average Bonchev–Trinajstić information content (AvgIpc) is 2.65. The van der Waals surface area contributed by atoms with Gasteiger partial charge in [-0.3, -0.25) is 0 Å². The van der Waals surface area contributed by atoms with Gasteiger partial charge in [-0.25, -0.2) is 0 Å². The Morgan fingerprint density at radius 1 is 1.33 bits per heavy atom. The number of anilines is 1. The third-order valence-corrected chi connectivity index (χ3v) is 4.51. The minimum Gasteiger partial charge on any atom is -0.366 e. The van der Waals surface area contributed by atoms with Crippen molar-refractivity contribution in [2.45, 2.75) is 39.2 Å². The van der Waals surface area contributed by atoms with E-state index in [-0.39, 0.29) is 5.54 Å². The summed E-state index contributed by atoms with van der Waals surface area (Å²) in [5.74, 6) is 0.729. The van der Waals surface area contributed by atoms with Crippen molar-refractivity contribution >= 4 is 5.69 Å². The first-order valence-corrected chi connectivity index (χ1v) is 7.11. The Bertz CT molecular complexity index is 398. The minimum atomic E-state index is 0.244. The SMILES string of the molecule is CCc1ccccc1N1CCC(CNC)C1(C)C. The van der Waals surface area contributed by atoms with E-state index in [1.807, 2.05) is 0 Å². The van der Waals surface area contributed by atoms with Crippen LogP contribution in [0.4, 0.5) is 5.69 Å². The van der Waals surface area contributed by atoms with Crippen LogP contribution in [0.1, 0.15) is 32.8 Å². The molecule has 1 saturated heterocycles. The standard InChI is InChI=1S/C16H26N2/c1-5-13-8-6-7-9-15(13)18-11-10-14(12-17-4)16(18,2)3/h6-9,14,17H,5,10-12H2,1-4H3. The van der Waals surface area contributed by atoms with Crippen molar-refractivity contribution in [3.63, 3.8) is 0 Å². The Kier molecular flexibility index (Phi) is 3.96. The molecule has 1 aliphatic rings. The van der Waals surface area contributed by atoms with E-state index in [0.29, 0.717) is 0 Å². The van der Waals surface area contributed by atoms with E-state index in [2.05, 4.69) is 62.3 Å². The van der Waals surface area contributed by atoms with Crippen LogP contribution in [0.15, 0.2) is 24.3 Å². The molecule has 100 valence electrons. The first-order valence-electron chi connectivity index (χ1n) is 7.11. The van der Waals surface area contributed by atoms with Crippen LogP contribution in [0.2, 0.25) is 0 Å². The number of hydrogen-bond acceptors (Lipinski definition) is 2. The zero-order chi connectivity index (χ0) is 13.2. The van der Waals surface area contributed by atoms with Crippen molar-refractivity contribution in [1.29, 1.82) is 0 Å². The quantitative estimate of drug-likeness (QED) is 0.878. The molecule has 1 aliphatic heterocycles. The average molecular weight is 246 g/mol. The zero-order valence-corrected chi connectivity index (χ0v) is 12.2. The smallest absolute Gasteiger partial charge is 0.0403 e. The molecule has 1 aromatic rings. The minimum absolute atomic E-state index is 0.244. The summed E-state index contributed by atoms with van der Waals surface area (Å²) in [4.78, 5) is 2.60. The summed E-state index contributed by atoms with van der Waals surface area (Å²) in [5, 5.41) is 3.34. The summed E-state index contributed by atoms with van der Waals surface area (Å²) >= 11 is 0. The van der Waals surface area contributed by atoms with E-state index in [0.717, 1.165) is 18.9 Å². The number of aryl methyl sites for hydroxylation is 1. The molecule has 1 N–H and O–H groups in total. The van der Waals surface area contributed by atoms with Gasteiger partial charge in [-0.1, -0.05) is 25.1 Å². The maximum Gasteiger partial charge on any atom is 0.0403 e. The molecule has 1 atom stereocenters. The molecule has 1 fully saturated rings. The predicted octanol–water partition coefficient (Wildman–Crippen LogP) is 3.07. The summed E-state index contributed by atoms with van der Waals surface area (Å²) in [7, 11) is 2.05. The lowest BCUT2D eigenvalue weighted by Gasteiger charge is -2.38. The topological polar surface area (TPSA) is 15.3 Å². The van der Waals surface area contributed by atoms with Gasteiger partial charge in [0, 0.05) is 17.8 Å². The fourth-order valence-corrected chi connectivity index (χ4v) is 3.25. The summed E-state index contributed by atoms with van der Waals surface area (Å²) in [6.45, 7) is 9.30. The number of para-hydroxylation sites is 1. The lowest BCUT2D eigenvalue weighted by atomic mass is 9.88. The van der Waals surface area contributed by atoms with Crippen molar-refractivity contribution < 1.29 is 0 Å². The molecule has 18 heavy (non-hydrogen) atoms. The van der Waals surface area contributed by atoms with Gasteiger partial charge in [-0.2, -0.15) is 0 Å². The molecule has 2 heteroatoms. The highest BCUT2D eigenvalue weighted by Gasteiger charge is 2.41. The van der Waals surface area contributed by atoms with Gasteiger partial charge in [-0.05, 0) is 57.8 Å². The van der Waals surface area contributed by atoms with E-state index in [1.54, 1.807) is 0 Å². The zero-order valence-electron chi connectivity index (χ0n) is 12.2. The predicted molar refractivity (Wildman–Crippen MR) is 79.3 cm³/mol. The van der Waals surface area contributed by atoms with Gasteiger partial charge < -0.3 is 10.2 Å². The van der Waals surface area contributed by atoms with Crippen molar-refractivity contribution in [2.75, 3.05) is 25.0 Å². The number of rotatable bonds is 4. The van der Waals surface area contributed by atoms with Crippen molar-refractivity contribution in [3.8, 4) is 0 Å². The Balaban J connectivity index is 2.29. The van der Waals surface area contributed by atoms with Gasteiger partial charge >= 0.3 is 0 Å². The van der Waals surface area contributed by atoms with E-state index >= 15 is 0 Å². The van der Waals surface area contributed by atoms with Gasteiger partial charge in [-0.15, -0.1) is 0 Å². The Morgan fingerprint density at radius 3 is 2.72 bits per heavy atom. The lowest BCUT2D eigenvalue weighted by Crippen LogP contribution is -2.45. The molecule has 0 bridgehead atoms. The Labute approximate surface area is 111 Å². The second kappa shape index (κ2) is 5.31. The molecular weight excluding hydrogens is 220 g/mol. The molecule has 2 nitrogen and oxygen atoms in total. The third-order valence-electron chi connectivity index (χ3n) is 4.51. The summed E-state index contributed by atoms with van der Waals surface area (Å²) in [6.07, 6.45) is 2.39. The van der Waals surface area contributed by atoms with E-state index < -0.39 is 0 Å². The number of hydrogen-bond donors (Lipinski definition) is 1. The maximum absolute atomic E-state index is 3.34. The van der Waals surface area contributed by atoms with Crippen LogP contribution in [0.25, 0.3) is 0 Å². The van der Waals surface area contributed by atoms with Gasteiger partial charge in [0.05, 0.1) is 0 Å². The number of nitrogens with one attached hydrogen (secondary N) is 1. The number of nitrogens with zero attached hydrogens (tertiary/aromatic N) is 1. The molecule has 0 radical (unpaired) electrons. The van der Waals surface area contributed by atoms with Gasteiger partial charge in [0.15, 0.2) is 0 Å². The Hall–Kier alpha value is -1.02. The molecule has 1 unspecified atom stereocenters. The highest BCUT2D eigenvalue weighted by molar-refractivity contribution is 5.56. The van der Waals surface area contributed by atoms with Crippen molar-refractivity contribution in [2.24, 2.45) is 5.92 Å². The van der Waals surface area contributed by atoms with Gasteiger partial charge in [0.2, 0.25) is 0 Å².